The lowest BCUT2D eigenvalue weighted by Crippen LogP contribution is -2.47. The predicted molar refractivity (Wildman–Crippen MR) is 99.7 cm³/mol. The summed E-state index contributed by atoms with van der Waals surface area (Å²) < 4.78 is 0. The van der Waals surface area contributed by atoms with Gasteiger partial charge in [0.05, 0.1) is 5.60 Å². The summed E-state index contributed by atoms with van der Waals surface area (Å²) in [6, 6.07) is 0. The number of carbonyl (C=O) groups is 2. The minimum absolute atomic E-state index is 0.247. The second-order valence-corrected chi connectivity index (χ2v) is 7.25. The van der Waals surface area contributed by atoms with Crippen molar-refractivity contribution < 1.29 is 24.9 Å². The third-order valence-electron chi connectivity index (χ3n) is 4.96. The van der Waals surface area contributed by atoms with Gasteiger partial charge in [-0.3, -0.25) is 9.59 Å². The molecule has 0 saturated heterocycles. The molecule has 0 aromatic heterocycles. The van der Waals surface area contributed by atoms with Gasteiger partial charge in [-0.25, -0.2) is 0 Å². The molecule has 0 amide bonds. The second-order valence-electron chi connectivity index (χ2n) is 7.25. The molecule has 5 nitrogen and oxygen atoms in total. The molecule has 0 fully saturated rings. The molecule has 25 heavy (non-hydrogen) atoms. The maximum atomic E-state index is 11.4. The van der Waals surface area contributed by atoms with Crippen molar-refractivity contribution >= 4 is 11.9 Å². The predicted octanol–water partition coefficient (Wildman–Crippen LogP) is 5.00. The smallest absolute Gasteiger partial charge is 0.320 e. The van der Waals surface area contributed by atoms with Crippen LogP contribution in [0.4, 0.5) is 0 Å². The fourth-order valence-electron chi connectivity index (χ4n) is 3.40. The molecule has 0 aromatic carbocycles. The number of aliphatic hydroxyl groups is 1. The van der Waals surface area contributed by atoms with Crippen LogP contribution in [-0.2, 0) is 9.59 Å². The maximum absolute atomic E-state index is 11.4. The van der Waals surface area contributed by atoms with Crippen molar-refractivity contribution in [1.29, 1.82) is 0 Å². The number of aliphatic carboxylic acids is 2. The Kier molecular flexibility index (Phi) is 13.5. The number of carboxylic acids is 2. The third-order valence-corrected chi connectivity index (χ3v) is 4.96. The van der Waals surface area contributed by atoms with E-state index in [1.54, 1.807) is 0 Å². The van der Waals surface area contributed by atoms with Gasteiger partial charge in [0.25, 0.3) is 0 Å². The van der Waals surface area contributed by atoms with E-state index < -0.39 is 23.5 Å². The molecule has 0 atom stereocenters. The third kappa shape index (κ3) is 10.5. The number of carboxylic acid groups (broad SMARTS) is 2. The van der Waals surface area contributed by atoms with E-state index in [0.717, 1.165) is 51.4 Å². The minimum Gasteiger partial charge on any atom is -0.481 e. The molecule has 0 saturated carbocycles. The van der Waals surface area contributed by atoms with Crippen LogP contribution >= 0.6 is 0 Å². The number of rotatable bonds is 17. The van der Waals surface area contributed by atoms with Gasteiger partial charge >= 0.3 is 11.9 Å². The largest absolute Gasteiger partial charge is 0.481 e. The fourth-order valence-corrected chi connectivity index (χ4v) is 3.40. The molecule has 0 aromatic rings. The molecule has 0 radical (unpaired) electrons. The number of unbranched alkanes of at least 4 members (excludes halogenated alkanes) is 10. The summed E-state index contributed by atoms with van der Waals surface area (Å²) in [6.45, 7) is 4.28. The standard InChI is InChI=1S/C20H38O5/c1-3-5-7-9-11-13-15-20(25,17(18(21)22)19(23)24)16-14-12-10-8-6-4-2/h17,25H,3-16H2,1-2H3,(H,21,22)(H,23,24). The Morgan fingerprint density at radius 1 is 0.680 bits per heavy atom. The normalized spacial score (nSPS) is 11.8. The summed E-state index contributed by atoms with van der Waals surface area (Å²) in [6.07, 6.45) is 12.7. The topological polar surface area (TPSA) is 94.8 Å². The fraction of sp³-hybridized carbons (Fsp3) is 0.900. The molecular weight excluding hydrogens is 320 g/mol. The van der Waals surface area contributed by atoms with E-state index in [4.69, 9.17) is 0 Å². The Morgan fingerprint density at radius 2 is 1.00 bits per heavy atom. The van der Waals surface area contributed by atoms with Crippen LogP contribution in [0.2, 0.25) is 0 Å². The first-order valence-electron chi connectivity index (χ1n) is 10.1. The average molecular weight is 359 g/mol. The van der Waals surface area contributed by atoms with E-state index in [1.807, 2.05) is 0 Å². The van der Waals surface area contributed by atoms with Gasteiger partial charge in [0.2, 0.25) is 0 Å². The van der Waals surface area contributed by atoms with Crippen molar-refractivity contribution in [3.8, 4) is 0 Å². The highest BCUT2D eigenvalue weighted by atomic mass is 16.4. The van der Waals surface area contributed by atoms with Gasteiger partial charge in [-0.2, -0.15) is 0 Å². The molecule has 0 aliphatic rings. The SMILES string of the molecule is CCCCCCCCC(O)(CCCCCCCC)C(C(=O)O)C(=O)O. The summed E-state index contributed by atoms with van der Waals surface area (Å²) in [7, 11) is 0. The summed E-state index contributed by atoms with van der Waals surface area (Å²) in [5, 5.41) is 29.4. The first-order valence-corrected chi connectivity index (χ1v) is 10.1. The van der Waals surface area contributed by atoms with E-state index in [9.17, 15) is 24.9 Å². The van der Waals surface area contributed by atoms with E-state index in [-0.39, 0.29) is 12.8 Å². The van der Waals surface area contributed by atoms with Crippen molar-refractivity contribution in [2.75, 3.05) is 0 Å². The van der Waals surface area contributed by atoms with Crippen LogP contribution in [0.1, 0.15) is 104 Å². The molecule has 0 aliphatic heterocycles. The molecule has 0 rings (SSSR count). The van der Waals surface area contributed by atoms with Gasteiger partial charge in [0.15, 0.2) is 5.92 Å². The monoisotopic (exact) mass is 358 g/mol. The van der Waals surface area contributed by atoms with Crippen molar-refractivity contribution in [3.05, 3.63) is 0 Å². The maximum Gasteiger partial charge on any atom is 0.320 e. The number of hydrogen-bond donors (Lipinski definition) is 3. The summed E-state index contributed by atoms with van der Waals surface area (Å²) >= 11 is 0. The lowest BCUT2D eigenvalue weighted by atomic mass is 9.79. The van der Waals surface area contributed by atoms with Crippen LogP contribution < -0.4 is 0 Å². The molecule has 0 heterocycles. The Bertz CT molecular complexity index is 337. The molecular formula is C20H38O5. The van der Waals surface area contributed by atoms with E-state index in [0.29, 0.717) is 12.8 Å². The first-order chi connectivity index (χ1) is 11.9. The Hall–Kier alpha value is -1.10. The second kappa shape index (κ2) is 14.1. The Morgan fingerprint density at radius 3 is 1.32 bits per heavy atom. The quantitative estimate of drug-likeness (QED) is 0.251. The molecule has 0 unspecified atom stereocenters. The van der Waals surface area contributed by atoms with E-state index in [2.05, 4.69) is 13.8 Å². The minimum atomic E-state index is -1.74. The van der Waals surface area contributed by atoms with Gasteiger partial charge in [-0.1, -0.05) is 90.9 Å². The van der Waals surface area contributed by atoms with E-state index >= 15 is 0 Å². The van der Waals surface area contributed by atoms with Gasteiger partial charge in [-0.15, -0.1) is 0 Å². The molecule has 0 aliphatic carbocycles. The van der Waals surface area contributed by atoms with Gasteiger partial charge < -0.3 is 15.3 Å². The van der Waals surface area contributed by atoms with Crippen LogP contribution in [0.5, 0.6) is 0 Å². The van der Waals surface area contributed by atoms with Crippen molar-refractivity contribution in [2.24, 2.45) is 5.92 Å². The lowest BCUT2D eigenvalue weighted by molar-refractivity contribution is -0.169. The number of hydrogen-bond acceptors (Lipinski definition) is 3. The average Bonchev–Trinajstić information content (AvgIpc) is 2.53. The van der Waals surface area contributed by atoms with Crippen molar-refractivity contribution in [3.63, 3.8) is 0 Å². The van der Waals surface area contributed by atoms with Gasteiger partial charge in [-0.05, 0) is 12.8 Å². The molecule has 3 N–H and O–H groups in total. The van der Waals surface area contributed by atoms with Crippen LogP contribution in [0.3, 0.4) is 0 Å². The van der Waals surface area contributed by atoms with Crippen molar-refractivity contribution in [2.45, 2.75) is 109 Å². The molecule has 148 valence electrons. The highest BCUT2D eigenvalue weighted by molar-refractivity contribution is 5.94. The Balaban J connectivity index is 4.58. The highest BCUT2D eigenvalue weighted by Crippen LogP contribution is 2.31. The van der Waals surface area contributed by atoms with Crippen LogP contribution in [0.15, 0.2) is 0 Å². The van der Waals surface area contributed by atoms with E-state index in [1.165, 1.54) is 12.8 Å². The lowest BCUT2D eigenvalue weighted by Gasteiger charge is -2.31. The zero-order valence-electron chi connectivity index (χ0n) is 16.1. The zero-order chi connectivity index (χ0) is 19.1. The van der Waals surface area contributed by atoms with Crippen LogP contribution in [0.25, 0.3) is 0 Å². The molecule has 0 bridgehead atoms. The van der Waals surface area contributed by atoms with Gasteiger partial charge in [0, 0.05) is 0 Å². The molecule has 5 heteroatoms. The van der Waals surface area contributed by atoms with Crippen LogP contribution in [0, 0.1) is 5.92 Å². The van der Waals surface area contributed by atoms with Crippen molar-refractivity contribution in [1.82, 2.24) is 0 Å². The summed E-state index contributed by atoms with van der Waals surface area (Å²) in [4.78, 5) is 22.8. The highest BCUT2D eigenvalue weighted by Gasteiger charge is 2.45. The zero-order valence-corrected chi connectivity index (χ0v) is 16.1. The summed E-state index contributed by atoms with van der Waals surface area (Å²) in [5.74, 6) is -4.61. The molecule has 0 spiro atoms. The summed E-state index contributed by atoms with van der Waals surface area (Å²) in [5.41, 5.74) is -1.65. The Labute approximate surface area is 152 Å². The van der Waals surface area contributed by atoms with Gasteiger partial charge in [0.1, 0.15) is 0 Å². The van der Waals surface area contributed by atoms with Crippen LogP contribution in [-0.4, -0.2) is 32.9 Å². The first kappa shape index (κ1) is 23.9.